The van der Waals surface area contributed by atoms with Crippen molar-refractivity contribution in [2.24, 2.45) is 0 Å². The highest BCUT2D eigenvalue weighted by atomic mass is 28.3. The van der Waals surface area contributed by atoms with Gasteiger partial charge in [0.05, 0.1) is 11.6 Å². The standard InChI is InChI=1S/C38H49BN2OSi/c1-9-11-22-39(23-12-10-2)41-34(37(33-14-13-24-40-33)36-29(4)26-28(3)27-30(36)5)19-20-35(41)38(42)32-17-15-31(16-18-32)21-25-43(6,7)8/h13-20,24,26-27,37,40H,9-12,22-23H2,1-8H3. The van der Waals surface area contributed by atoms with Crippen LogP contribution in [0.5, 0.6) is 0 Å². The van der Waals surface area contributed by atoms with Crippen LogP contribution < -0.4 is 0 Å². The Hall–Kier alpha value is -3.49. The third kappa shape index (κ3) is 7.92. The second kappa shape index (κ2) is 14.3. The molecule has 0 bridgehead atoms. The lowest BCUT2D eigenvalue weighted by Gasteiger charge is -2.28. The SMILES string of the molecule is CCCCB(CCCC)n1c(C(=O)c2ccc(C#C[Si](C)(C)C)cc2)ccc1C(c1ccc[nH]1)c1c(C)cc(C)cc1C. The van der Waals surface area contributed by atoms with Crippen molar-refractivity contribution in [3.8, 4) is 11.5 Å². The number of hydrogen-bond acceptors (Lipinski definition) is 1. The van der Waals surface area contributed by atoms with Gasteiger partial charge in [0, 0.05) is 28.7 Å². The summed E-state index contributed by atoms with van der Waals surface area (Å²) >= 11 is 0. The fourth-order valence-corrected chi connectivity index (χ4v) is 6.84. The molecule has 2 aromatic heterocycles. The topological polar surface area (TPSA) is 37.8 Å². The molecule has 0 saturated heterocycles. The second-order valence-electron chi connectivity index (χ2n) is 13.2. The number of ketones is 1. The molecule has 3 nitrogen and oxygen atoms in total. The number of unbranched alkanes of at least 4 members (excludes halogenated alkanes) is 2. The van der Waals surface area contributed by atoms with Crippen LogP contribution in [0.3, 0.4) is 0 Å². The molecule has 0 fully saturated rings. The zero-order chi connectivity index (χ0) is 31.1. The first-order valence-corrected chi connectivity index (χ1v) is 19.6. The lowest BCUT2D eigenvalue weighted by molar-refractivity contribution is 0.103. The van der Waals surface area contributed by atoms with Crippen LogP contribution in [0, 0.1) is 32.2 Å². The molecule has 2 heterocycles. The minimum Gasteiger partial charge on any atom is -0.386 e. The first kappa shape index (κ1) is 32.4. The fraction of sp³-hybridized carbons (Fsp3) is 0.395. The highest BCUT2D eigenvalue weighted by Crippen LogP contribution is 2.38. The number of aromatic amines is 1. The average Bonchev–Trinajstić information content (AvgIpc) is 3.64. The van der Waals surface area contributed by atoms with Crippen molar-refractivity contribution >= 4 is 20.7 Å². The Bertz CT molecular complexity index is 1550. The number of nitrogens with zero attached hydrogens (tertiary/aromatic N) is 1. The summed E-state index contributed by atoms with van der Waals surface area (Å²) < 4.78 is 2.43. The van der Waals surface area contributed by atoms with E-state index in [9.17, 15) is 4.79 Å². The first-order valence-electron chi connectivity index (χ1n) is 16.1. The molecular weight excluding hydrogens is 539 g/mol. The van der Waals surface area contributed by atoms with E-state index in [1.54, 1.807) is 0 Å². The minimum absolute atomic E-state index is 0.00196. The largest absolute Gasteiger partial charge is 0.386 e. The monoisotopic (exact) mass is 588 g/mol. The summed E-state index contributed by atoms with van der Waals surface area (Å²) in [6.45, 7) is 18.1. The molecule has 4 aromatic rings. The van der Waals surface area contributed by atoms with Gasteiger partial charge < -0.3 is 9.46 Å². The van der Waals surface area contributed by atoms with Gasteiger partial charge >= 0.3 is 0 Å². The molecule has 0 aliphatic rings. The van der Waals surface area contributed by atoms with Crippen molar-refractivity contribution in [2.75, 3.05) is 0 Å². The number of carbonyl (C=O) groups is 1. The maximum atomic E-state index is 14.3. The zero-order valence-corrected chi connectivity index (χ0v) is 28.6. The smallest absolute Gasteiger partial charge is 0.260 e. The van der Waals surface area contributed by atoms with Crippen LogP contribution >= 0.6 is 0 Å². The first-order chi connectivity index (χ1) is 20.5. The third-order valence-corrected chi connectivity index (χ3v) is 9.19. The van der Waals surface area contributed by atoms with Gasteiger partial charge in [0.25, 0.3) is 6.85 Å². The highest BCUT2D eigenvalue weighted by molar-refractivity contribution is 6.83. The van der Waals surface area contributed by atoms with Crippen LogP contribution in [-0.4, -0.2) is 30.2 Å². The lowest BCUT2D eigenvalue weighted by Crippen LogP contribution is -2.31. The van der Waals surface area contributed by atoms with Gasteiger partial charge in [0.2, 0.25) is 5.78 Å². The molecule has 0 aliphatic heterocycles. The molecule has 0 radical (unpaired) electrons. The summed E-state index contributed by atoms with van der Waals surface area (Å²) in [5, 5.41) is 0. The maximum Gasteiger partial charge on any atom is 0.260 e. The Morgan fingerprint density at radius 3 is 2.07 bits per heavy atom. The number of aryl methyl sites for hydroxylation is 3. The van der Waals surface area contributed by atoms with Gasteiger partial charge in [-0.1, -0.05) is 95.4 Å². The predicted octanol–water partition coefficient (Wildman–Crippen LogP) is 9.82. The van der Waals surface area contributed by atoms with Crippen molar-refractivity contribution in [1.29, 1.82) is 0 Å². The van der Waals surface area contributed by atoms with Gasteiger partial charge in [-0.25, -0.2) is 0 Å². The minimum atomic E-state index is -1.47. The average molecular weight is 589 g/mol. The molecule has 0 saturated carbocycles. The van der Waals surface area contributed by atoms with Gasteiger partial charge in [-0.15, -0.1) is 5.54 Å². The summed E-state index contributed by atoms with van der Waals surface area (Å²) in [4.78, 5) is 17.9. The van der Waals surface area contributed by atoms with Gasteiger partial charge in [-0.05, 0) is 86.0 Å². The lowest BCUT2D eigenvalue weighted by atomic mass is 9.53. The summed E-state index contributed by atoms with van der Waals surface area (Å²) in [6, 6.07) is 21.1. The van der Waals surface area contributed by atoms with Gasteiger partial charge in [-0.2, -0.15) is 0 Å². The number of benzene rings is 2. The Morgan fingerprint density at radius 2 is 1.53 bits per heavy atom. The second-order valence-corrected chi connectivity index (χ2v) is 18.0. The number of nitrogens with one attached hydrogen (secondary N) is 1. The normalized spacial score (nSPS) is 12.1. The summed E-state index contributed by atoms with van der Waals surface area (Å²) in [5.41, 5.74) is 13.4. The molecule has 4 rings (SSSR count). The molecule has 0 spiro atoms. The quantitative estimate of drug-likeness (QED) is 0.0998. The van der Waals surface area contributed by atoms with Crippen LogP contribution in [0.25, 0.3) is 0 Å². The van der Waals surface area contributed by atoms with Crippen molar-refractivity contribution in [1.82, 2.24) is 9.46 Å². The molecule has 1 atom stereocenters. The highest BCUT2D eigenvalue weighted by Gasteiger charge is 2.31. The van der Waals surface area contributed by atoms with E-state index in [0.29, 0.717) is 5.56 Å². The van der Waals surface area contributed by atoms with E-state index in [1.807, 2.05) is 30.5 Å². The Labute approximate surface area is 261 Å². The van der Waals surface area contributed by atoms with Crippen molar-refractivity contribution < 1.29 is 4.79 Å². The molecule has 0 amide bonds. The van der Waals surface area contributed by atoms with Crippen LogP contribution in [0.1, 0.15) is 101 Å². The fourth-order valence-electron chi connectivity index (χ4n) is 6.32. The zero-order valence-electron chi connectivity index (χ0n) is 27.6. The van der Waals surface area contributed by atoms with Gasteiger partial charge in [0.1, 0.15) is 8.07 Å². The van der Waals surface area contributed by atoms with Crippen LogP contribution in [0.15, 0.2) is 66.9 Å². The maximum absolute atomic E-state index is 14.3. The van der Waals surface area contributed by atoms with Crippen molar-refractivity contribution in [2.45, 2.75) is 98.5 Å². The Kier molecular flexibility index (Phi) is 10.8. The van der Waals surface area contributed by atoms with E-state index < -0.39 is 8.07 Å². The number of aromatic nitrogens is 2. The molecule has 0 aliphatic carbocycles. The third-order valence-electron chi connectivity index (χ3n) is 8.31. The summed E-state index contributed by atoms with van der Waals surface area (Å²) in [6.07, 6.45) is 8.69. The predicted molar refractivity (Wildman–Crippen MR) is 188 cm³/mol. The Balaban J connectivity index is 1.90. The van der Waals surface area contributed by atoms with E-state index in [2.05, 4.69) is 112 Å². The summed E-state index contributed by atoms with van der Waals surface area (Å²) in [7, 11) is -1.47. The number of rotatable bonds is 12. The van der Waals surface area contributed by atoms with E-state index in [4.69, 9.17) is 0 Å². The van der Waals surface area contributed by atoms with E-state index in [0.717, 1.165) is 55.3 Å². The van der Waals surface area contributed by atoms with Crippen molar-refractivity contribution in [3.05, 3.63) is 117 Å². The van der Waals surface area contributed by atoms with Gasteiger partial charge in [-0.3, -0.25) is 4.79 Å². The van der Waals surface area contributed by atoms with E-state index >= 15 is 0 Å². The molecule has 1 unspecified atom stereocenters. The van der Waals surface area contributed by atoms with E-state index in [1.165, 1.54) is 27.9 Å². The van der Waals surface area contributed by atoms with Crippen molar-refractivity contribution in [3.63, 3.8) is 0 Å². The summed E-state index contributed by atoms with van der Waals surface area (Å²) in [5.74, 6) is 3.41. The Morgan fingerprint density at radius 1 is 0.907 bits per heavy atom. The molecule has 224 valence electrons. The molecule has 43 heavy (non-hydrogen) atoms. The molecule has 5 heteroatoms. The van der Waals surface area contributed by atoms with Crippen LogP contribution in [-0.2, 0) is 0 Å². The number of hydrogen-bond donors (Lipinski definition) is 1. The molecular formula is C38H49BN2OSi. The van der Waals surface area contributed by atoms with Crippen LogP contribution in [0.4, 0.5) is 0 Å². The molecule has 1 N–H and O–H groups in total. The van der Waals surface area contributed by atoms with E-state index in [-0.39, 0.29) is 18.5 Å². The van der Waals surface area contributed by atoms with Gasteiger partial charge in [0.15, 0.2) is 0 Å². The number of carbonyl (C=O) groups excluding carboxylic acids is 1. The van der Waals surface area contributed by atoms with Crippen LogP contribution in [0.2, 0.25) is 32.3 Å². The molecule has 2 aromatic carbocycles. The number of H-pyrrole nitrogens is 1.